The minimum absolute atomic E-state index is 0.199. The van der Waals surface area contributed by atoms with Crippen LogP contribution in [-0.2, 0) is 11.2 Å². The van der Waals surface area contributed by atoms with Gasteiger partial charge in [0.25, 0.3) is 0 Å². The summed E-state index contributed by atoms with van der Waals surface area (Å²) in [5.74, 6) is -0.860. The number of hydrogen-bond donors (Lipinski definition) is 1. The second-order valence-electron chi connectivity index (χ2n) is 5.99. The SMILES string of the molecule is CCc1c(C)nc2ccccc2c1N1CCC(C(=O)O)CC1. The number of aromatic nitrogens is 1. The van der Waals surface area contributed by atoms with Crippen molar-refractivity contribution in [2.75, 3.05) is 18.0 Å². The molecule has 3 rings (SSSR count). The number of anilines is 1. The molecule has 1 saturated heterocycles. The Kier molecular flexibility index (Phi) is 4.01. The molecule has 0 aliphatic carbocycles. The van der Waals surface area contributed by atoms with E-state index in [-0.39, 0.29) is 5.92 Å². The van der Waals surface area contributed by atoms with Gasteiger partial charge in [-0.2, -0.15) is 0 Å². The van der Waals surface area contributed by atoms with Crippen molar-refractivity contribution in [3.8, 4) is 0 Å². The first kappa shape index (κ1) is 14.8. The van der Waals surface area contributed by atoms with Crippen molar-refractivity contribution in [2.24, 2.45) is 5.92 Å². The zero-order valence-corrected chi connectivity index (χ0v) is 13.2. The molecule has 1 aromatic carbocycles. The van der Waals surface area contributed by atoms with Crippen molar-refractivity contribution in [1.29, 1.82) is 0 Å². The molecule has 0 bridgehead atoms. The molecular formula is C18H22N2O2. The summed E-state index contributed by atoms with van der Waals surface area (Å²) in [7, 11) is 0. The van der Waals surface area contributed by atoms with E-state index >= 15 is 0 Å². The molecule has 0 amide bonds. The average molecular weight is 298 g/mol. The lowest BCUT2D eigenvalue weighted by Gasteiger charge is -2.34. The fourth-order valence-corrected chi connectivity index (χ4v) is 3.49. The lowest BCUT2D eigenvalue weighted by atomic mass is 9.94. The van der Waals surface area contributed by atoms with Crippen LogP contribution in [0.3, 0.4) is 0 Å². The monoisotopic (exact) mass is 298 g/mol. The van der Waals surface area contributed by atoms with E-state index in [1.807, 2.05) is 12.1 Å². The van der Waals surface area contributed by atoms with Crippen molar-refractivity contribution in [2.45, 2.75) is 33.1 Å². The Balaban J connectivity index is 2.04. The molecule has 0 radical (unpaired) electrons. The quantitative estimate of drug-likeness (QED) is 0.943. The van der Waals surface area contributed by atoms with Crippen molar-refractivity contribution in [3.63, 3.8) is 0 Å². The third kappa shape index (κ3) is 2.54. The van der Waals surface area contributed by atoms with Gasteiger partial charge in [-0.25, -0.2) is 0 Å². The standard InChI is InChI=1S/C18H22N2O2/c1-3-14-12(2)19-16-7-5-4-6-15(16)17(14)20-10-8-13(9-11-20)18(21)22/h4-7,13H,3,8-11H2,1-2H3,(H,21,22). The molecule has 1 N–H and O–H groups in total. The Hall–Kier alpha value is -2.10. The van der Waals surface area contributed by atoms with Gasteiger partial charge in [-0.15, -0.1) is 0 Å². The van der Waals surface area contributed by atoms with Gasteiger partial charge in [0.05, 0.1) is 17.1 Å². The number of carboxylic acids is 1. The summed E-state index contributed by atoms with van der Waals surface area (Å²) < 4.78 is 0. The Morgan fingerprint density at radius 3 is 2.64 bits per heavy atom. The number of aliphatic carboxylic acids is 1. The predicted octanol–water partition coefficient (Wildman–Crippen LogP) is 3.41. The zero-order chi connectivity index (χ0) is 15.7. The summed E-state index contributed by atoms with van der Waals surface area (Å²) in [6, 6.07) is 8.24. The van der Waals surface area contributed by atoms with E-state index in [1.165, 1.54) is 16.6 Å². The van der Waals surface area contributed by atoms with Gasteiger partial charge in [-0.05, 0) is 37.8 Å². The maximum atomic E-state index is 11.2. The Morgan fingerprint density at radius 2 is 2.00 bits per heavy atom. The maximum Gasteiger partial charge on any atom is 0.306 e. The number of rotatable bonds is 3. The van der Waals surface area contributed by atoms with Crippen molar-refractivity contribution >= 4 is 22.6 Å². The van der Waals surface area contributed by atoms with Gasteiger partial charge in [0.15, 0.2) is 0 Å². The summed E-state index contributed by atoms with van der Waals surface area (Å²) in [5.41, 5.74) is 4.64. The first-order valence-corrected chi connectivity index (χ1v) is 7.97. The molecule has 0 atom stereocenters. The second kappa shape index (κ2) is 5.95. The van der Waals surface area contributed by atoms with Gasteiger partial charge in [0, 0.05) is 24.2 Å². The van der Waals surface area contributed by atoms with Crippen LogP contribution < -0.4 is 4.90 Å². The van der Waals surface area contributed by atoms with E-state index in [0.717, 1.165) is 30.7 Å². The molecule has 1 aromatic heterocycles. The van der Waals surface area contributed by atoms with E-state index in [1.54, 1.807) is 0 Å². The fraction of sp³-hybridized carbons (Fsp3) is 0.444. The van der Waals surface area contributed by atoms with Crippen LogP contribution in [0.4, 0.5) is 5.69 Å². The largest absolute Gasteiger partial charge is 0.481 e. The third-order valence-corrected chi connectivity index (χ3v) is 4.68. The highest BCUT2D eigenvalue weighted by molar-refractivity contribution is 5.94. The number of fused-ring (bicyclic) bond motifs is 1. The van der Waals surface area contributed by atoms with Gasteiger partial charge >= 0.3 is 5.97 Å². The van der Waals surface area contributed by atoms with Gasteiger partial charge in [-0.1, -0.05) is 25.1 Å². The van der Waals surface area contributed by atoms with Gasteiger partial charge < -0.3 is 10.0 Å². The molecule has 4 heteroatoms. The van der Waals surface area contributed by atoms with E-state index in [4.69, 9.17) is 4.98 Å². The highest BCUT2D eigenvalue weighted by atomic mass is 16.4. The van der Waals surface area contributed by atoms with Crippen LogP contribution in [0, 0.1) is 12.8 Å². The molecule has 0 saturated carbocycles. The fourth-order valence-electron chi connectivity index (χ4n) is 3.49. The Labute approximate surface area is 130 Å². The van der Waals surface area contributed by atoms with Crippen LogP contribution in [-0.4, -0.2) is 29.1 Å². The molecule has 1 fully saturated rings. The normalized spacial score (nSPS) is 16.2. The van der Waals surface area contributed by atoms with Crippen molar-refractivity contribution in [1.82, 2.24) is 4.98 Å². The number of hydrogen-bond acceptors (Lipinski definition) is 3. The number of benzene rings is 1. The van der Waals surface area contributed by atoms with Gasteiger partial charge in [0.1, 0.15) is 0 Å². The summed E-state index contributed by atoms with van der Waals surface area (Å²) in [6.07, 6.45) is 2.38. The van der Waals surface area contributed by atoms with Crippen molar-refractivity contribution in [3.05, 3.63) is 35.5 Å². The number of piperidine rings is 1. The maximum absolute atomic E-state index is 11.2. The number of pyridine rings is 1. The molecule has 0 spiro atoms. The lowest BCUT2D eigenvalue weighted by Crippen LogP contribution is -2.37. The highest BCUT2D eigenvalue weighted by Gasteiger charge is 2.27. The van der Waals surface area contributed by atoms with Gasteiger partial charge in [0.2, 0.25) is 0 Å². The number of carboxylic acid groups (broad SMARTS) is 1. The van der Waals surface area contributed by atoms with Crippen LogP contribution in [0.25, 0.3) is 10.9 Å². The van der Waals surface area contributed by atoms with E-state index < -0.39 is 5.97 Å². The molecule has 1 aliphatic heterocycles. The number of carbonyl (C=O) groups is 1. The van der Waals surface area contributed by atoms with E-state index in [0.29, 0.717) is 12.8 Å². The number of aryl methyl sites for hydroxylation is 1. The van der Waals surface area contributed by atoms with Crippen LogP contribution in [0.5, 0.6) is 0 Å². The summed E-state index contributed by atoms with van der Waals surface area (Å²) in [4.78, 5) is 18.2. The minimum atomic E-state index is -0.661. The molecule has 4 nitrogen and oxygen atoms in total. The van der Waals surface area contributed by atoms with E-state index in [2.05, 4.69) is 30.9 Å². The predicted molar refractivity (Wildman–Crippen MR) is 88.4 cm³/mol. The smallest absolute Gasteiger partial charge is 0.306 e. The van der Waals surface area contributed by atoms with Crippen molar-refractivity contribution < 1.29 is 9.90 Å². The first-order chi connectivity index (χ1) is 10.6. The highest BCUT2D eigenvalue weighted by Crippen LogP contribution is 2.34. The molecule has 116 valence electrons. The molecular weight excluding hydrogens is 276 g/mol. The average Bonchev–Trinajstić information content (AvgIpc) is 2.53. The van der Waals surface area contributed by atoms with E-state index in [9.17, 15) is 9.90 Å². The van der Waals surface area contributed by atoms with Crippen LogP contribution in [0.2, 0.25) is 0 Å². The number of nitrogens with zero attached hydrogens (tertiary/aromatic N) is 2. The first-order valence-electron chi connectivity index (χ1n) is 7.97. The summed E-state index contributed by atoms with van der Waals surface area (Å²) in [6.45, 7) is 5.83. The molecule has 0 unspecified atom stereocenters. The Bertz CT molecular complexity index is 704. The summed E-state index contributed by atoms with van der Waals surface area (Å²) >= 11 is 0. The van der Waals surface area contributed by atoms with Crippen LogP contribution in [0.15, 0.2) is 24.3 Å². The van der Waals surface area contributed by atoms with Crippen LogP contribution >= 0.6 is 0 Å². The molecule has 2 aromatic rings. The third-order valence-electron chi connectivity index (χ3n) is 4.68. The van der Waals surface area contributed by atoms with Crippen LogP contribution in [0.1, 0.15) is 31.0 Å². The molecule has 22 heavy (non-hydrogen) atoms. The number of para-hydroxylation sites is 1. The topological polar surface area (TPSA) is 53.4 Å². The second-order valence-corrected chi connectivity index (χ2v) is 5.99. The Morgan fingerprint density at radius 1 is 1.32 bits per heavy atom. The molecule has 1 aliphatic rings. The molecule has 2 heterocycles. The summed E-state index contributed by atoms with van der Waals surface area (Å²) in [5, 5.41) is 10.4. The zero-order valence-electron chi connectivity index (χ0n) is 13.2. The minimum Gasteiger partial charge on any atom is -0.481 e. The lowest BCUT2D eigenvalue weighted by molar-refractivity contribution is -0.142. The van der Waals surface area contributed by atoms with Gasteiger partial charge in [-0.3, -0.25) is 9.78 Å².